The minimum atomic E-state index is -0.0191. The lowest BCUT2D eigenvalue weighted by Gasteiger charge is -2.22. The lowest BCUT2D eigenvalue weighted by molar-refractivity contribution is -0.116. The van der Waals surface area contributed by atoms with Gasteiger partial charge in [-0.25, -0.2) is 0 Å². The van der Waals surface area contributed by atoms with Gasteiger partial charge in [-0.05, 0) is 56.5 Å². The number of piperidine rings is 1. The molecule has 0 aromatic heterocycles. The van der Waals surface area contributed by atoms with Crippen molar-refractivity contribution in [1.82, 2.24) is 5.32 Å². The van der Waals surface area contributed by atoms with Crippen molar-refractivity contribution in [3.05, 3.63) is 28.2 Å². The Balaban J connectivity index is 1.86. The Morgan fingerprint density at radius 2 is 2.40 bits per heavy atom. The molecule has 0 radical (unpaired) electrons. The number of carbonyl (C=O) groups excluding carboxylic acids is 1. The topological polar surface area (TPSA) is 64.9 Å². The molecule has 1 aliphatic rings. The normalized spacial score (nSPS) is 18.3. The van der Waals surface area contributed by atoms with E-state index in [2.05, 4.69) is 32.6 Å². The van der Waals surface area contributed by atoms with Gasteiger partial charge in [0.05, 0.1) is 11.3 Å². The van der Waals surface area contributed by atoms with Gasteiger partial charge in [-0.15, -0.1) is 0 Å². The summed E-state index contributed by atoms with van der Waals surface area (Å²) in [7, 11) is 0. The van der Waals surface area contributed by atoms with Crippen LogP contribution in [0.5, 0.6) is 0 Å². The second kappa shape index (κ2) is 7.41. The largest absolute Gasteiger partial charge is 0.325 e. The van der Waals surface area contributed by atoms with Crippen molar-refractivity contribution in [2.75, 3.05) is 18.4 Å². The highest BCUT2D eigenvalue weighted by Crippen LogP contribution is 2.21. The van der Waals surface area contributed by atoms with Gasteiger partial charge >= 0.3 is 0 Å². The number of nitrogens with zero attached hydrogens (tertiary/aromatic N) is 1. The molecule has 4 nitrogen and oxygen atoms in total. The van der Waals surface area contributed by atoms with Gasteiger partial charge in [-0.2, -0.15) is 5.26 Å². The fourth-order valence-corrected chi connectivity index (χ4v) is 2.80. The molecule has 2 N–H and O–H groups in total. The van der Waals surface area contributed by atoms with Gasteiger partial charge in [0, 0.05) is 10.9 Å². The molecule has 1 aromatic carbocycles. The summed E-state index contributed by atoms with van der Waals surface area (Å²) in [5, 5.41) is 15.2. The van der Waals surface area contributed by atoms with E-state index in [4.69, 9.17) is 5.26 Å². The zero-order valence-electron chi connectivity index (χ0n) is 11.3. The average Bonchev–Trinajstić information content (AvgIpc) is 2.48. The zero-order chi connectivity index (χ0) is 14.4. The van der Waals surface area contributed by atoms with Gasteiger partial charge in [-0.3, -0.25) is 4.79 Å². The Kier molecular flexibility index (Phi) is 5.57. The number of halogens is 1. The second-order valence-electron chi connectivity index (χ2n) is 5.10. The van der Waals surface area contributed by atoms with E-state index in [0.717, 1.165) is 24.0 Å². The highest BCUT2D eigenvalue weighted by Gasteiger charge is 2.15. The van der Waals surface area contributed by atoms with Crippen LogP contribution in [0, 0.1) is 17.2 Å². The first kappa shape index (κ1) is 15.0. The van der Waals surface area contributed by atoms with Gasteiger partial charge < -0.3 is 10.6 Å². The summed E-state index contributed by atoms with van der Waals surface area (Å²) >= 11 is 3.32. The van der Waals surface area contributed by atoms with E-state index in [1.54, 1.807) is 12.1 Å². The van der Waals surface area contributed by atoms with Gasteiger partial charge in [-0.1, -0.05) is 15.9 Å². The van der Waals surface area contributed by atoms with Crippen LogP contribution in [0.15, 0.2) is 22.7 Å². The van der Waals surface area contributed by atoms with Crippen LogP contribution in [0.4, 0.5) is 5.69 Å². The van der Waals surface area contributed by atoms with Gasteiger partial charge in [0.1, 0.15) is 6.07 Å². The van der Waals surface area contributed by atoms with Crippen molar-refractivity contribution >= 4 is 27.5 Å². The molecule has 1 aliphatic heterocycles. The van der Waals surface area contributed by atoms with Crippen LogP contribution in [-0.4, -0.2) is 19.0 Å². The number of hydrogen-bond acceptors (Lipinski definition) is 3. The fourth-order valence-electron chi connectivity index (χ4n) is 2.44. The minimum absolute atomic E-state index is 0.0191. The van der Waals surface area contributed by atoms with Crippen LogP contribution in [0.25, 0.3) is 0 Å². The molecule has 1 atom stereocenters. The molecule has 106 valence electrons. The quantitative estimate of drug-likeness (QED) is 0.888. The summed E-state index contributed by atoms with van der Waals surface area (Å²) in [6.07, 6.45) is 3.80. The molecule has 1 heterocycles. The predicted octanol–water partition coefficient (Wildman–Crippen LogP) is 3.04. The van der Waals surface area contributed by atoms with Crippen molar-refractivity contribution in [2.45, 2.75) is 25.7 Å². The number of anilines is 1. The predicted molar refractivity (Wildman–Crippen MR) is 82.3 cm³/mol. The smallest absolute Gasteiger partial charge is 0.224 e. The Hall–Kier alpha value is -1.38. The second-order valence-corrected chi connectivity index (χ2v) is 6.02. The summed E-state index contributed by atoms with van der Waals surface area (Å²) < 4.78 is 0.834. The van der Waals surface area contributed by atoms with Crippen molar-refractivity contribution in [3.63, 3.8) is 0 Å². The molecule has 0 aliphatic carbocycles. The fraction of sp³-hybridized carbons (Fsp3) is 0.467. The first-order valence-electron chi connectivity index (χ1n) is 6.89. The first-order chi connectivity index (χ1) is 9.69. The molecule has 1 saturated heterocycles. The van der Waals surface area contributed by atoms with Crippen molar-refractivity contribution in [1.29, 1.82) is 5.26 Å². The van der Waals surface area contributed by atoms with E-state index in [0.29, 0.717) is 23.6 Å². The lowest BCUT2D eigenvalue weighted by atomic mass is 9.94. The van der Waals surface area contributed by atoms with Crippen LogP contribution in [0.3, 0.4) is 0 Å². The van der Waals surface area contributed by atoms with Crippen LogP contribution in [0.1, 0.15) is 31.2 Å². The third kappa shape index (κ3) is 4.32. The SMILES string of the molecule is N#Cc1cc(Br)ccc1NC(=O)CCC1CCCNC1. The van der Waals surface area contributed by atoms with E-state index in [-0.39, 0.29) is 5.91 Å². The molecule has 1 aromatic rings. The number of carbonyl (C=O) groups is 1. The first-order valence-corrected chi connectivity index (χ1v) is 7.68. The summed E-state index contributed by atoms with van der Waals surface area (Å²) in [4.78, 5) is 12.0. The maximum Gasteiger partial charge on any atom is 0.224 e. The number of hydrogen-bond donors (Lipinski definition) is 2. The number of benzene rings is 1. The van der Waals surface area contributed by atoms with Crippen LogP contribution in [0.2, 0.25) is 0 Å². The van der Waals surface area contributed by atoms with E-state index < -0.39 is 0 Å². The standard InChI is InChI=1S/C15H18BrN3O/c16-13-4-5-14(12(8-13)9-17)19-15(20)6-3-11-2-1-7-18-10-11/h4-5,8,11,18H,1-3,6-7,10H2,(H,19,20). The van der Waals surface area contributed by atoms with Crippen molar-refractivity contribution < 1.29 is 4.79 Å². The molecular weight excluding hydrogens is 318 g/mol. The van der Waals surface area contributed by atoms with Gasteiger partial charge in [0.15, 0.2) is 0 Å². The molecule has 20 heavy (non-hydrogen) atoms. The molecule has 1 fully saturated rings. The highest BCUT2D eigenvalue weighted by atomic mass is 79.9. The Labute approximate surface area is 127 Å². The molecule has 0 spiro atoms. The maximum atomic E-state index is 12.0. The zero-order valence-corrected chi connectivity index (χ0v) is 12.9. The summed E-state index contributed by atoms with van der Waals surface area (Å²) in [5.74, 6) is 0.573. The molecule has 2 rings (SSSR count). The molecular formula is C15H18BrN3O. The maximum absolute atomic E-state index is 12.0. The summed E-state index contributed by atoms with van der Waals surface area (Å²) in [5.41, 5.74) is 1.06. The van der Waals surface area contributed by atoms with Crippen LogP contribution < -0.4 is 10.6 Å². The van der Waals surface area contributed by atoms with Crippen LogP contribution in [-0.2, 0) is 4.79 Å². The van der Waals surface area contributed by atoms with Gasteiger partial charge in [0.2, 0.25) is 5.91 Å². The summed E-state index contributed by atoms with van der Waals surface area (Å²) in [6.45, 7) is 2.10. The Morgan fingerprint density at radius 3 is 3.10 bits per heavy atom. The number of nitrogens with one attached hydrogen (secondary N) is 2. The number of amides is 1. The Morgan fingerprint density at radius 1 is 1.55 bits per heavy atom. The van der Waals surface area contributed by atoms with Crippen molar-refractivity contribution in [2.24, 2.45) is 5.92 Å². The Bertz CT molecular complexity index is 518. The third-order valence-corrected chi connectivity index (χ3v) is 4.05. The van der Waals surface area contributed by atoms with Gasteiger partial charge in [0.25, 0.3) is 0 Å². The van der Waals surface area contributed by atoms with E-state index in [1.165, 1.54) is 12.8 Å². The third-order valence-electron chi connectivity index (χ3n) is 3.55. The summed E-state index contributed by atoms with van der Waals surface area (Å²) in [6, 6.07) is 7.38. The highest BCUT2D eigenvalue weighted by molar-refractivity contribution is 9.10. The monoisotopic (exact) mass is 335 g/mol. The molecule has 0 bridgehead atoms. The molecule has 1 unspecified atom stereocenters. The minimum Gasteiger partial charge on any atom is -0.325 e. The van der Waals surface area contributed by atoms with E-state index >= 15 is 0 Å². The van der Waals surface area contributed by atoms with E-state index in [1.807, 2.05) is 6.07 Å². The lowest BCUT2D eigenvalue weighted by Crippen LogP contribution is -2.30. The number of rotatable bonds is 4. The van der Waals surface area contributed by atoms with Crippen LogP contribution >= 0.6 is 15.9 Å². The number of nitriles is 1. The van der Waals surface area contributed by atoms with E-state index in [9.17, 15) is 4.79 Å². The molecule has 1 amide bonds. The molecule has 0 saturated carbocycles. The molecule has 5 heteroatoms. The van der Waals surface area contributed by atoms with Crippen molar-refractivity contribution in [3.8, 4) is 6.07 Å². The average molecular weight is 336 g/mol.